The smallest absolute Gasteiger partial charge is 0.119 e. The molecule has 17 heavy (non-hydrogen) atoms. The lowest BCUT2D eigenvalue weighted by atomic mass is 9.70. The van der Waals surface area contributed by atoms with E-state index < -0.39 is 0 Å². The summed E-state index contributed by atoms with van der Waals surface area (Å²) in [6.45, 7) is 7.27. The van der Waals surface area contributed by atoms with Crippen molar-refractivity contribution < 1.29 is 5.11 Å². The summed E-state index contributed by atoms with van der Waals surface area (Å²) < 4.78 is 0. The maximum Gasteiger partial charge on any atom is 0.119 e. The molecule has 0 aliphatic heterocycles. The molecule has 2 saturated carbocycles. The summed E-state index contributed by atoms with van der Waals surface area (Å²) in [6, 6.07) is 7.91. The lowest BCUT2D eigenvalue weighted by Gasteiger charge is -2.34. The van der Waals surface area contributed by atoms with Gasteiger partial charge in [-0.3, -0.25) is 0 Å². The monoisotopic (exact) mass is 230 g/mol. The average Bonchev–Trinajstić information content (AvgIpc) is 2.64. The van der Waals surface area contributed by atoms with E-state index >= 15 is 0 Å². The summed E-state index contributed by atoms with van der Waals surface area (Å²) in [5.74, 6) is 1.79. The average molecular weight is 230 g/mol. The quantitative estimate of drug-likeness (QED) is 0.761. The third-order valence-electron chi connectivity index (χ3n) is 6.05. The van der Waals surface area contributed by atoms with Gasteiger partial charge in [0.1, 0.15) is 5.75 Å². The van der Waals surface area contributed by atoms with Crippen LogP contribution in [0.3, 0.4) is 0 Å². The summed E-state index contributed by atoms with van der Waals surface area (Å²) in [6.07, 6.45) is 3.90. The molecule has 3 rings (SSSR count). The summed E-state index contributed by atoms with van der Waals surface area (Å²) >= 11 is 0. The van der Waals surface area contributed by atoms with Gasteiger partial charge >= 0.3 is 0 Å². The van der Waals surface area contributed by atoms with Gasteiger partial charge in [0.05, 0.1) is 0 Å². The van der Waals surface area contributed by atoms with Crippen LogP contribution in [0.25, 0.3) is 0 Å². The van der Waals surface area contributed by atoms with Gasteiger partial charge in [0.25, 0.3) is 0 Å². The van der Waals surface area contributed by atoms with Crippen molar-refractivity contribution in [3.8, 4) is 5.75 Å². The Bertz CT molecular complexity index is 453. The standard InChI is InChI=1S/C16H22O/c1-11-15(2)8-9-16(11,3)13(10-15)12-6-4-5-7-14(12)17/h4-7,11,13,17H,8-10H2,1-3H3. The molecule has 92 valence electrons. The number of hydrogen-bond acceptors (Lipinski definition) is 1. The fourth-order valence-electron chi connectivity index (χ4n) is 4.49. The molecule has 2 aliphatic rings. The summed E-state index contributed by atoms with van der Waals surface area (Å²) in [5.41, 5.74) is 2.04. The minimum atomic E-state index is 0.383. The van der Waals surface area contributed by atoms with Gasteiger partial charge in [-0.25, -0.2) is 0 Å². The molecular weight excluding hydrogens is 208 g/mol. The Hall–Kier alpha value is -0.980. The van der Waals surface area contributed by atoms with E-state index in [-0.39, 0.29) is 0 Å². The maximum absolute atomic E-state index is 10.1. The van der Waals surface area contributed by atoms with Crippen LogP contribution in [0.1, 0.15) is 51.5 Å². The molecule has 0 spiro atoms. The third-order valence-corrected chi connectivity index (χ3v) is 6.05. The normalized spacial score (nSPS) is 44.2. The number of phenolic OH excluding ortho intramolecular Hbond substituents is 1. The van der Waals surface area contributed by atoms with Crippen LogP contribution in [-0.4, -0.2) is 5.11 Å². The molecule has 1 nitrogen and oxygen atoms in total. The number of rotatable bonds is 1. The number of aromatic hydroxyl groups is 1. The van der Waals surface area contributed by atoms with Crippen molar-refractivity contribution in [1.29, 1.82) is 0 Å². The molecule has 4 unspecified atom stereocenters. The zero-order valence-electron chi connectivity index (χ0n) is 11.0. The highest BCUT2D eigenvalue weighted by atomic mass is 16.3. The van der Waals surface area contributed by atoms with E-state index in [1.807, 2.05) is 12.1 Å². The van der Waals surface area contributed by atoms with Crippen LogP contribution >= 0.6 is 0 Å². The zero-order chi connectivity index (χ0) is 12.3. The van der Waals surface area contributed by atoms with Crippen molar-refractivity contribution >= 4 is 0 Å². The lowest BCUT2D eigenvalue weighted by Crippen LogP contribution is -2.23. The maximum atomic E-state index is 10.1. The SMILES string of the molecule is CC1C2(C)CCC1(C)C(c1ccccc1O)C2. The molecule has 1 N–H and O–H groups in total. The van der Waals surface area contributed by atoms with E-state index in [0.717, 1.165) is 5.92 Å². The molecule has 0 radical (unpaired) electrons. The molecule has 2 bridgehead atoms. The van der Waals surface area contributed by atoms with E-state index in [4.69, 9.17) is 0 Å². The highest BCUT2D eigenvalue weighted by Crippen LogP contribution is 2.70. The van der Waals surface area contributed by atoms with E-state index in [9.17, 15) is 5.11 Å². The van der Waals surface area contributed by atoms with E-state index in [1.165, 1.54) is 24.8 Å². The van der Waals surface area contributed by atoms with Crippen LogP contribution in [0.4, 0.5) is 0 Å². The van der Waals surface area contributed by atoms with E-state index in [0.29, 0.717) is 22.5 Å². The first-order valence-corrected chi connectivity index (χ1v) is 6.75. The van der Waals surface area contributed by atoms with Gasteiger partial charge in [0, 0.05) is 0 Å². The van der Waals surface area contributed by atoms with Crippen LogP contribution in [0.5, 0.6) is 5.75 Å². The fraction of sp³-hybridized carbons (Fsp3) is 0.625. The zero-order valence-corrected chi connectivity index (χ0v) is 11.0. The minimum absolute atomic E-state index is 0.383. The second-order valence-corrected chi connectivity index (χ2v) is 6.70. The van der Waals surface area contributed by atoms with Crippen molar-refractivity contribution in [2.45, 2.75) is 46.0 Å². The summed E-state index contributed by atoms with van der Waals surface area (Å²) in [7, 11) is 0. The van der Waals surface area contributed by atoms with Crippen LogP contribution < -0.4 is 0 Å². The second-order valence-electron chi connectivity index (χ2n) is 6.70. The Labute approximate surface area is 104 Å². The number of phenols is 1. The lowest BCUT2D eigenvalue weighted by molar-refractivity contribution is 0.224. The topological polar surface area (TPSA) is 20.2 Å². The number of benzene rings is 1. The molecule has 0 amide bonds. The van der Waals surface area contributed by atoms with Gasteiger partial charge in [-0.1, -0.05) is 39.0 Å². The molecule has 2 fully saturated rings. The van der Waals surface area contributed by atoms with Gasteiger partial charge in [-0.05, 0) is 53.6 Å². The number of hydrogen-bond donors (Lipinski definition) is 1. The number of para-hydroxylation sites is 1. The molecule has 1 aromatic carbocycles. The van der Waals surface area contributed by atoms with Crippen LogP contribution in [0.2, 0.25) is 0 Å². The minimum Gasteiger partial charge on any atom is -0.508 e. The van der Waals surface area contributed by atoms with Gasteiger partial charge in [0.15, 0.2) is 0 Å². The Morgan fingerprint density at radius 2 is 1.88 bits per heavy atom. The van der Waals surface area contributed by atoms with Crippen molar-refractivity contribution in [2.75, 3.05) is 0 Å². The Morgan fingerprint density at radius 1 is 1.18 bits per heavy atom. The summed E-state index contributed by atoms with van der Waals surface area (Å²) in [5, 5.41) is 10.1. The molecule has 0 aromatic heterocycles. The fourth-order valence-corrected chi connectivity index (χ4v) is 4.49. The number of fused-ring (bicyclic) bond motifs is 2. The van der Waals surface area contributed by atoms with Crippen LogP contribution in [0, 0.1) is 16.7 Å². The van der Waals surface area contributed by atoms with Crippen molar-refractivity contribution in [3.63, 3.8) is 0 Å². The van der Waals surface area contributed by atoms with Gasteiger partial charge in [-0.2, -0.15) is 0 Å². The molecular formula is C16H22O. The molecule has 4 atom stereocenters. The van der Waals surface area contributed by atoms with Crippen LogP contribution in [0.15, 0.2) is 24.3 Å². The van der Waals surface area contributed by atoms with Crippen molar-refractivity contribution in [3.05, 3.63) is 29.8 Å². The van der Waals surface area contributed by atoms with E-state index in [2.05, 4.69) is 32.9 Å². The van der Waals surface area contributed by atoms with Gasteiger partial charge in [-0.15, -0.1) is 0 Å². The first-order chi connectivity index (χ1) is 7.97. The first-order valence-electron chi connectivity index (χ1n) is 6.75. The molecule has 1 aromatic rings. The van der Waals surface area contributed by atoms with Crippen molar-refractivity contribution in [1.82, 2.24) is 0 Å². The Balaban J connectivity index is 2.05. The van der Waals surface area contributed by atoms with Crippen molar-refractivity contribution in [2.24, 2.45) is 16.7 Å². The first kappa shape index (κ1) is 11.1. The summed E-state index contributed by atoms with van der Waals surface area (Å²) in [4.78, 5) is 0. The largest absolute Gasteiger partial charge is 0.508 e. The second kappa shape index (κ2) is 3.28. The molecule has 2 aliphatic carbocycles. The highest BCUT2D eigenvalue weighted by Gasteiger charge is 2.60. The molecule has 0 heterocycles. The predicted molar refractivity (Wildman–Crippen MR) is 70.1 cm³/mol. The van der Waals surface area contributed by atoms with E-state index in [1.54, 1.807) is 0 Å². The Kier molecular flexibility index (Phi) is 2.14. The third kappa shape index (κ3) is 1.31. The van der Waals surface area contributed by atoms with Gasteiger partial charge < -0.3 is 5.11 Å². The highest BCUT2D eigenvalue weighted by molar-refractivity contribution is 5.38. The van der Waals surface area contributed by atoms with Gasteiger partial charge in [0.2, 0.25) is 0 Å². The molecule has 1 heteroatoms. The van der Waals surface area contributed by atoms with Crippen LogP contribution in [-0.2, 0) is 0 Å². The predicted octanol–water partition coefficient (Wildman–Crippen LogP) is 4.32. The molecule has 0 saturated heterocycles. The Morgan fingerprint density at radius 3 is 2.41 bits per heavy atom.